The minimum Gasteiger partial charge on any atom is -0.337 e. The van der Waals surface area contributed by atoms with Crippen molar-refractivity contribution in [3.05, 3.63) is 47.0 Å². The Morgan fingerprint density at radius 2 is 1.94 bits per heavy atom. The van der Waals surface area contributed by atoms with Gasteiger partial charge in [-0.2, -0.15) is 18.3 Å². The lowest BCUT2D eigenvalue weighted by Crippen LogP contribution is -2.67. The van der Waals surface area contributed by atoms with Gasteiger partial charge in [0.15, 0.2) is 0 Å². The fraction of sp³-hybridized carbons (Fsp3) is 0.429. The van der Waals surface area contributed by atoms with E-state index in [1.807, 2.05) is 17.8 Å². The highest BCUT2D eigenvalue weighted by Crippen LogP contribution is 2.50. The number of hydrogen-bond acceptors (Lipinski definition) is 4. The number of nitrogens with one attached hydrogen (secondary N) is 1. The number of alkyl halides is 3. The fourth-order valence-electron chi connectivity index (χ4n) is 4.84. The van der Waals surface area contributed by atoms with Gasteiger partial charge < -0.3 is 14.4 Å². The van der Waals surface area contributed by atoms with E-state index in [-0.39, 0.29) is 28.3 Å². The fourth-order valence-corrected chi connectivity index (χ4v) is 5.05. The summed E-state index contributed by atoms with van der Waals surface area (Å²) in [4.78, 5) is 32.5. The number of carbonyl (C=O) groups is 2. The Bertz CT molecular complexity index is 1290. The molecule has 0 bridgehead atoms. The Labute approximate surface area is 197 Å². The number of anilines is 1. The maximum absolute atomic E-state index is 13.0. The zero-order valence-electron chi connectivity index (χ0n) is 18.3. The third-order valence-electron chi connectivity index (χ3n) is 6.67. The van der Waals surface area contributed by atoms with Crippen LogP contribution in [0.25, 0.3) is 5.65 Å². The van der Waals surface area contributed by atoms with Crippen LogP contribution in [0, 0.1) is 5.41 Å². The summed E-state index contributed by atoms with van der Waals surface area (Å²) in [7, 11) is 3.44. The minimum atomic E-state index is -4.60. The first kappa shape index (κ1) is 22.5. The van der Waals surface area contributed by atoms with Gasteiger partial charge in [0.2, 0.25) is 0 Å². The van der Waals surface area contributed by atoms with E-state index in [9.17, 15) is 22.8 Å². The zero-order valence-corrected chi connectivity index (χ0v) is 19.1. The lowest BCUT2D eigenvalue weighted by atomic mass is 9.60. The number of nitrogens with zero attached hydrogens (tertiary/aromatic N) is 6. The molecule has 1 N–H and O–H groups in total. The lowest BCUT2D eigenvalue weighted by Gasteiger charge is -2.60. The third kappa shape index (κ3) is 3.75. The summed E-state index contributed by atoms with van der Waals surface area (Å²) < 4.78 is 42.4. The molecule has 34 heavy (non-hydrogen) atoms. The van der Waals surface area contributed by atoms with E-state index in [0.717, 1.165) is 11.7 Å². The number of imidazole rings is 1. The Kier molecular flexibility index (Phi) is 5.04. The van der Waals surface area contributed by atoms with Gasteiger partial charge in [-0.15, -0.1) is 0 Å². The molecular formula is C21H21ClF3N7O2. The summed E-state index contributed by atoms with van der Waals surface area (Å²) in [6.07, 6.45) is 1.98. The van der Waals surface area contributed by atoms with Gasteiger partial charge in [0, 0.05) is 51.0 Å². The van der Waals surface area contributed by atoms with Crippen LogP contribution >= 0.6 is 11.6 Å². The van der Waals surface area contributed by atoms with Crippen LogP contribution in [0.1, 0.15) is 28.8 Å². The van der Waals surface area contributed by atoms with Crippen molar-refractivity contribution in [1.82, 2.24) is 29.0 Å². The van der Waals surface area contributed by atoms with Crippen molar-refractivity contribution < 1.29 is 22.8 Å². The first-order chi connectivity index (χ1) is 16.0. The molecule has 2 aliphatic rings. The van der Waals surface area contributed by atoms with Crippen molar-refractivity contribution in [3.8, 4) is 0 Å². The molecule has 180 valence electrons. The topological polar surface area (TPSA) is 87.8 Å². The van der Waals surface area contributed by atoms with Crippen LogP contribution in [-0.4, -0.2) is 67.1 Å². The Morgan fingerprint density at radius 1 is 1.24 bits per heavy atom. The Hall–Kier alpha value is -3.28. The van der Waals surface area contributed by atoms with Crippen LogP contribution in [0.4, 0.5) is 23.8 Å². The smallest absolute Gasteiger partial charge is 0.337 e. The number of aryl methyl sites for hydroxylation is 1. The summed E-state index contributed by atoms with van der Waals surface area (Å²) in [6.45, 7) is 1.18. The standard InChI is InChI=1S/C21H21ClF3N7O2/c1-29-3-4-32-17(29)14(9-26-32)18(33)31-10-20(11-31)7-13(8-20)30(2)19(34)28-16-6-12(21(23,24)25)5-15(22)27-16/h3-6,9,13H,7-8,10-11H2,1-2H3,(H,27,28,34). The van der Waals surface area contributed by atoms with E-state index in [0.29, 0.717) is 37.6 Å². The highest BCUT2D eigenvalue weighted by atomic mass is 35.5. The van der Waals surface area contributed by atoms with Crippen molar-refractivity contribution in [2.75, 3.05) is 25.5 Å². The van der Waals surface area contributed by atoms with E-state index < -0.39 is 17.8 Å². The summed E-state index contributed by atoms with van der Waals surface area (Å²) in [6, 6.07) is 0.790. The number of fused-ring (bicyclic) bond motifs is 1. The number of urea groups is 1. The molecule has 3 aromatic rings. The predicted molar refractivity (Wildman–Crippen MR) is 117 cm³/mol. The molecule has 0 atom stereocenters. The van der Waals surface area contributed by atoms with Gasteiger partial charge in [-0.3, -0.25) is 10.1 Å². The second kappa shape index (κ2) is 7.62. The number of likely N-dealkylation sites (tertiary alicyclic amines) is 1. The number of amides is 3. The van der Waals surface area contributed by atoms with Crippen molar-refractivity contribution in [1.29, 1.82) is 0 Å². The molecule has 2 fully saturated rings. The number of carbonyl (C=O) groups excluding carboxylic acids is 2. The van der Waals surface area contributed by atoms with E-state index in [4.69, 9.17) is 11.6 Å². The highest BCUT2D eigenvalue weighted by Gasteiger charge is 2.55. The Balaban J connectivity index is 1.17. The van der Waals surface area contributed by atoms with Crippen LogP contribution in [-0.2, 0) is 13.2 Å². The van der Waals surface area contributed by atoms with Crippen molar-refractivity contribution in [3.63, 3.8) is 0 Å². The van der Waals surface area contributed by atoms with Crippen LogP contribution in [0.3, 0.4) is 0 Å². The second-order valence-corrected chi connectivity index (χ2v) is 9.45. The van der Waals surface area contributed by atoms with Crippen LogP contribution in [0.2, 0.25) is 5.15 Å². The molecule has 0 aromatic carbocycles. The molecule has 9 nitrogen and oxygen atoms in total. The lowest BCUT2D eigenvalue weighted by molar-refractivity contribution is -0.137. The van der Waals surface area contributed by atoms with Crippen LogP contribution in [0.15, 0.2) is 30.7 Å². The van der Waals surface area contributed by atoms with Gasteiger partial charge in [0.05, 0.1) is 11.8 Å². The van der Waals surface area contributed by atoms with Crippen LogP contribution < -0.4 is 5.32 Å². The van der Waals surface area contributed by atoms with Gasteiger partial charge in [-0.25, -0.2) is 14.3 Å². The largest absolute Gasteiger partial charge is 0.416 e. The maximum atomic E-state index is 13.0. The SMILES string of the molecule is CN(C(=O)Nc1cc(C(F)(F)F)cc(Cl)n1)C1CC2(C1)CN(C(=O)c1cnn3ccn(C)c13)C2. The molecule has 4 heterocycles. The Morgan fingerprint density at radius 3 is 2.62 bits per heavy atom. The zero-order chi connectivity index (χ0) is 24.4. The van der Waals surface area contributed by atoms with Crippen molar-refractivity contribution in [2.45, 2.75) is 25.1 Å². The summed E-state index contributed by atoms with van der Waals surface area (Å²) in [5, 5.41) is 6.23. The van der Waals surface area contributed by atoms with Gasteiger partial charge in [0.25, 0.3) is 5.91 Å². The molecule has 1 saturated heterocycles. The van der Waals surface area contributed by atoms with Gasteiger partial charge in [0.1, 0.15) is 22.2 Å². The van der Waals surface area contributed by atoms with E-state index >= 15 is 0 Å². The molecule has 0 unspecified atom stereocenters. The van der Waals surface area contributed by atoms with Crippen molar-refractivity contribution >= 4 is 35.0 Å². The molecular weight excluding hydrogens is 475 g/mol. The predicted octanol–water partition coefficient (Wildman–Crippen LogP) is 3.51. The molecule has 1 spiro atoms. The van der Waals surface area contributed by atoms with Crippen molar-refractivity contribution in [2.24, 2.45) is 12.5 Å². The maximum Gasteiger partial charge on any atom is 0.416 e. The van der Waals surface area contributed by atoms with E-state index in [2.05, 4.69) is 15.4 Å². The van der Waals surface area contributed by atoms with E-state index in [1.54, 1.807) is 28.9 Å². The first-order valence-electron chi connectivity index (χ1n) is 10.5. The molecule has 1 aliphatic heterocycles. The third-order valence-corrected chi connectivity index (χ3v) is 6.86. The summed E-state index contributed by atoms with van der Waals surface area (Å²) in [5.41, 5.74) is 0.241. The highest BCUT2D eigenvalue weighted by molar-refractivity contribution is 6.29. The van der Waals surface area contributed by atoms with E-state index in [1.165, 1.54) is 4.90 Å². The number of aromatic nitrogens is 4. The normalized spacial score (nSPS) is 17.5. The van der Waals surface area contributed by atoms with Gasteiger partial charge in [-0.05, 0) is 25.0 Å². The summed E-state index contributed by atoms with van der Waals surface area (Å²) in [5.74, 6) is -0.344. The molecule has 1 aliphatic carbocycles. The molecule has 13 heteroatoms. The number of halogens is 4. The first-order valence-corrected chi connectivity index (χ1v) is 10.9. The summed E-state index contributed by atoms with van der Waals surface area (Å²) >= 11 is 5.68. The quantitative estimate of drug-likeness (QED) is 0.563. The average Bonchev–Trinajstić information content (AvgIpc) is 3.27. The molecule has 1 saturated carbocycles. The number of hydrogen-bond donors (Lipinski definition) is 1. The number of rotatable bonds is 3. The number of pyridine rings is 1. The average molecular weight is 496 g/mol. The molecule has 3 aromatic heterocycles. The molecule has 0 radical (unpaired) electrons. The molecule has 3 amide bonds. The van der Waals surface area contributed by atoms with Gasteiger partial charge in [-0.1, -0.05) is 11.6 Å². The van der Waals surface area contributed by atoms with Gasteiger partial charge >= 0.3 is 12.2 Å². The molecule has 5 rings (SSSR count). The van der Waals surface area contributed by atoms with Crippen LogP contribution in [0.5, 0.6) is 0 Å². The second-order valence-electron chi connectivity index (χ2n) is 9.06. The minimum absolute atomic E-state index is 0.0485. The monoisotopic (exact) mass is 495 g/mol.